The highest BCUT2D eigenvalue weighted by Crippen LogP contribution is 2.14. The molecule has 0 aliphatic heterocycles. The van der Waals surface area contributed by atoms with E-state index in [0.717, 1.165) is 0 Å². The summed E-state index contributed by atoms with van der Waals surface area (Å²) >= 11 is 0. The lowest BCUT2D eigenvalue weighted by molar-refractivity contribution is -0.120. The average molecular weight is 317 g/mol. The van der Waals surface area contributed by atoms with Gasteiger partial charge in [-0.2, -0.15) is 0 Å². The third-order valence-corrected chi connectivity index (χ3v) is 4.13. The van der Waals surface area contributed by atoms with E-state index in [9.17, 15) is 18.0 Å². The van der Waals surface area contributed by atoms with Crippen LogP contribution in [0.15, 0.2) is 17.2 Å². The number of aryl methyl sites for hydroxylation is 1. The zero-order valence-corrected chi connectivity index (χ0v) is 13.0. The number of ether oxygens (including phenoxy) is 1. The Morgan fingerprint density at radius 3 is 2.62 bits per heavy atom. The molecule has 0 saturated heterocycles. The van der Waals surface area contributed by atoms with E-state index in [-0.39, 0.29) is 29.5 Å². The number of methoxy groups -OCH3 is 1. The molecule has 0 radical (unpaired) electrons. The van der Waals surface area contributed by atoms with Crippen LogP contribution in [-0.2, 0) is 26.6 Å². The summed E-state index contributed by atoms with van der Waals surface area (Å²) in [7, 11) is -1.01. The minimum Gasteiger partial charge on any atom is -0.464 e. The van der Waals surface area contributed by atoms with E-state index in [4.69, 9.17) is 0 Å². The van der Waals surface area contributed by atoms with Gasteiger partial charge in [0.25, 0.3) is 0 Å². The smallest absolute Gasteiger partial charge is 0.354 e. The van der Waals surface area contributed by atoms with Crippen molar-refractivity contribution < 1.29 is 22.7 Å². The number of amides is 1. The molecule has 1 heterocycles. The molecule has 1 amide bonds. The van der Waals surface area contributed by atoms with Crippen molar-refractivity contribution in [2.75, 3.05) is 20.2 Å². The van der Waals surface area contributed by atoms with E-state index in [2.05, 4.69) is 14.8 Å². The molecule has 21 heavy (non-hydrogen) atoms. The van der Waals surface area contributed by atoms with Crippen molar-refractivity contribution in [1.82, 2.24) is 14.6 Å². The predicted octanol–water partition coefficient (Wildman–Crippen LogP) is -0.384. The number of carbonyl (C=O) groups excluding carboxylic acids is 2. The summed E-state index contributed by atoms with van der Waals surface area (Å²) < 4.78 is 32.3. The highest BCUT2D eigenvalue weighted by molar-refractivity contribution is 7.89. The largest absolute Gasteiger partial charge is 0.464 e. The summed E-state index contributed by atoms with van der Waals surface area (Å²) in [5, 5.41) is 2.57. The van der Waals surface area contributed by atoms with E-state index < -0.39 is 16.0 Å². The van der Waals surface area contributed by atoms with E-state index in [1.165, 1.54) is 23.9 Å². The molecule has 1 rings (SSSR count). The fourth-order valence-electron chi connectivity index (χ4n) is 1.66. The summed E-state index contributed by atoms with van der Waals surface area (Å²) in [6.07, 6.45) is 1.35. The maximum absolute atomic E-state index is 12.0. The maximum atomic E-state index is 12.0. The van der Waals surface area contributed by atoms with Crippen molar-refractivity contribution in [3.63, 3.8) is 0 Å². The van der Waals surface area contributed by atoms with Crippen molar-refractivity contribution >= 4 is 21.9 Å². The Kier molecular flexibility index (Phi) is 5.91. The third-order valence-electron chi connectivity index (χ3n) is 2.70. The van der Waals surface area contributed by atoms with Gasteiger partial charge in [0.2, 0.25) is 15.9 Å². The monoisotopic (exact) mass is 317 g/mol. The van der Waals surface area contributed by atoms with Crippen molar-refractivity contribution in [1.29, 1.82) is 0 Å². The second kappa shape index (κ2) is 7.23. The molecule has 1 aromatic heterocycles. The summed E-state index contributed by atoms with van der Waals surface area (Å²) in [5.74, 6) is -0.857. The number of hydrogen-bond donors (Lipinski definition) is 2. The number of sulfonamides is 1. The Hall–Kier alpha value is -1.87. The molecule has 118 valence electrons. The number of carbonyl (C=O) groups is 2. The molecule has 1 aromatic rings. The van der Waals surface area contributed by atoms with Gasteiger partial charge >= 0.3 is 5.97 Å². The standard InChI is InChI=1S/C12H19N3O5S/c1-4-13-11(16)5-6-14-21(18,19)9-7-10(12(17)20-3)15(2)8-9/h7-8,14H,4-6H2,1-3H3,(H,13,16). The number of aromatic nitrogens is 1. The summed E-state index contributed by atoms with van der Waals surface area (Å²) in [4.78, 5) is 22.6. The second-order valence-electron chi connectivity index (χ2n) is 4.26. The summed E-state index contributed by atoms with van der Waals surface area (Å²) in [6, 6.07) is 1.22. The van der Waals surface area contributed by atoms with E-state index in [1.54, 1.807) is 14.0 Å². The SMILES string of the molecule is CCNC(=O)CCNS(=O)(=O)c1cc(C(=O)OC)n(C)c1. The second-order valence-corrected chi connectivity index (χ2v) is 6.03. The molecule has 0 fully saturated rings. The normalized spacial score (nSPS) is 11.2. The zero-order valence-electron chi connectivity index (χ0n) is 12.2. The maximum Gasteiger partial charge on any atom is 0.354 e. The quantitative estimate of drug-likeness (QED) is 0.667. The van der Waals surface area contributed by atoms with Crippen LogP contribution in [0, 0.1) is 0 Å². The van der Waals surface area contributed by atoms with Crippen LogP contribution in [0.1, 0.15) is 23.8 Å². The predicted molar refractivity (Wildman–Crippen MR) is 75.2 cm³/mol. The first-order valence-electron chi connectivity index (χ1n) is 6.33. The van der Waals surface area contributed by atoms with Crippen LogP contribution >= 0.6 is 0 Å². The molecular weight excluding hydrogens is 298 g/mol. The Morgan fingerprint density at radius 1 is 1.38 bits per heavy atom. The number of nitrogens with one attached hydrogen (secondary N) is 2. The van der Waals surface area contributed by atoms with Gasteiger partial charge in [-0.15, -0.1) is 0 Å². The minimum absolute atomic E-state index is 0.0172. The minimum atomic E-state index is -3.77. The number of nitrogens with zero attached hydrogens (tertiary/aromatic N) is 1. The van der Waals surface area contributed by atoms with Crippen molar-refractivity contribution in [3.8, 4) is 0 Å². The molecule has 0 aliphatic carbocycles. The molecule has 0 saturated carbocycles. The first kappa shape index (κ1) is 17.2. The van der Waals surface area contributed by atoms with E-state index in [1.807, 2.05) is 0 Å². The number of hydrogen-bond acceptors (Lipinski definition) is 5. The summed E-state index contributed by atoms with van der Waals surface area (Å²) in [6.45, 7) is 2.25. The van der Waals surface area contributed by atoms with Crippen LogP contribution < -0.4 is 10.0 Å². The van der Waals surface area contributed by atoms with Crippen LogP contribution in [0.5, 0.6) is 0 Å². The first-order chi connectivity index (χ1) is 9.81. The van der Waals surface area contributed by atoms with Crippen molar-refractivity contribution in [2.24, 2.45) is 7.05 Å². The van der Waals surface area contributed by atoms with Gasteiger partial charge < -0.3 is 14.6 Å². The molecule has 0 aromatic carbocycles. The molecule has 0 spiro atoms. The first-order valence-corrected chi connectivity index (χ1v) is 7.81. The Labute approximate surface area is 123 Å². The summed E-state index contributed by atoms with van der Waals surface area (Å²) in [5.41, 5.74) is 0.126. The lowest BCUT2D eigenvalue weighted by Gasteiger charge is -2.05. The molecule has 0 unspecified atom stereocenters. The van der Waals surface area contributed by atoms with Crippen LogP contribution in [0.25, 0.3) is 0 Å². The van der Waals surface area contributed by atoms with Gasteiger partial charge in [-0.05, 0) is 13.0 Å². The fourth-order valence-corrected chi connectivity index (χ4v) is 2.76. The molecule has 9 heteroatoms. The van der Waals surface area contributed by atoms with E-state index in [0.29, 0.717) is 6.54 Å². The topological polar surface area (TPSA) is 106 Å². The van der Waals surface area contributed by atoms with Gasteiger partial charge in [0.1, 0.15) is 10.6 Å². The third kappa shape index (κ3) is 4.57. The average Bonchev–Trinajstić information content (AvgIpc) is 2.81. The molecule has 0 aliphatic rings. The number of rotatable bonds is 7. The van der Waals surface area contributed by atoms with Gasteiger partial charge in [-0.25, -0.2) is 17.9 Å². The molecule has 0 atom stereocenters. The van der Waals surface area contributed by atoms with Crippen LogP contribution in [0.2, 0.25) is 0 Å². The van der Waals surface area contributed by atoms with Crippen molar-refractivity contribution in [3.05, 3.63) is 18.0 Å². The van der Waals surface area contributed by atoms with Gasteiger partial charge in [-0.1, -0.05) is 0 Å². The van der Waals surface area contributed by atoms with E-state index >= 15 is 0 Å². The van der Waals surface area contributed by atoms with Gasteiger partial charge in [-0.3, -0.25) is 4.79 Å². The van der Waals surface area contributed by atoms with Gasteiger partial charge in [0, 0.05) is 32.8 Å². The molecular formula is C12H19N3O5S. The lowest BCUT2D eigenvalue weighted by Crippen LogP contribution is -2.30. The highest BCUT2D eigenvalue weighted by atomic mass is 32.2. The number of esters is 1. The van der Waals surface area contributed by atoms with Gasteiger partial charge in [0.05, 0.1) is 7.11 Å². The Morgan fingerprint density at radius 2 is 2.05 bits per heavy atom. The Balaban J connectivity index is 2.75. The molecule has 0 bridgehead atoms. The van der Waals surface area contributed by atoms with Crippen molar-refractivity contribution in [2.45, 2.75) is 18.2 Å². The van der Waals surface area contributed by atoms with Crippen LogP contribution in [0.3, 0.4) is 0 Å². The Bertz CT molecular complexity index is 621. The van der Waals surface area contributed by atoms with Crippen LogP contribution in [0.4, 0.5) is 0 Å². The highest BCUT2D eigenvalue weighted by Gasteiger charge is 2.20. The zero-order chi connectivity index (χ0) is 16.0. The lowest BCUT2D eigenvalue weighted by atomic mass is 10.4. The van der Waals surface area contributed by atoms with Crippen LogP contribution in [-0.4, -0.2) is 45.1 Å². The molecule has 8 nitrogen and oxygen atoms in total. The fraction of sp³-hybridized carbons (Fsp3) is 0.500. The van der Waals surface area contributed by atoms with Gasteiger partial charge in [0.15, 0.2) is 0 Å². The molecule has 2 N–H and O–H groups in total.